The van der Waals surface area contributed by atoms with Crippen molar-refractivity contribution in [3.8, 4) is 0 Å². The summed E-state index contributed by atoms with van der Waals surface area (Å²) in [5.74, 6) is -0.556. The second-order valence-electron chi connectivity index (χ2n) is 7.18. The van der Waals surface area contributed by atoms with Gasteiger partial charge >= 0.3 is 0 Å². The van der Waals surface area contributed by atoms with Gasteiger partial charge in [-0.1, -0.05) is 0 Å². The molecule has 0 aliphatic carbocycles. The molecule has 1 fully saturated rings. The number of furan rings is 1. The molecule has 1 amide bonds. The molecule has 3 aromatic rings. The number of ether oxygens (including phenoxy) is 1. The monoisotopic (exact) mass is 382 g/mol. The maximum atomic E-state index is 14.5. The Labute approximate surface area is 163 Å². The highest BCUT2D eigenvalue weighted by molar-refractivity contribution is 5.95. The van der Waals surface area contributed by atoms with Crippen LogP contribution in [0.2, 0.25) is 0 Å². The summed E-state index contributed by atoms with van der Waals surface area (Å²) >= 11 is 0. The van der Waals surface area contributed by atoms with Gasteiger partial charge < -0.3 is 19.4 Å². The van der Waals surface area contributed by atoms with Crippen LogP contribution in [0.15, 0.2) is 41.0 Å². The van der Waals surface area contributed by atoms with E-state index in [1.54, 1.807) is 18.4 Å². The molecule has 0 saturated carbocycles. The summed E-state index contributed by atoms with van der Waals surface area (Å²) in [6, 6.07) is 8.81. The van der Waals surface area contributed by atoms with E-state index in [2.05, 4.69) is 5.32 Å². The van der Waals surface area contributed by atoms with Crippen LogP contribution in [0.4, 0.5) is 15.8 Å². The van der Waals surface area contributed by atoms with Gasteiger partial charge in [-0.2, -0.15) is 0 Å². The molecule has 0 radical (unpaired) electrons. The van der Waals surface area contributed by atoms with Gasteiger partial charge in [-0.15, -0.1) is 0 Å². The summed E-state index contributed by atoms with van der Waals surface area (Å²) in [4.78, 5) is 14.4. The fourth-order valence-corrected chi connectivity index (χ4v) is 3.50. The van der Waals surface area contributed by atoms with Crippen LogP contribution in [-0.2, 0) is 16.0 Å². The van der Waals surface area contributed by atoms with Crippen LogP contribution in [0.5, 0.6) is 0 Å². The number of nitrogens with one attached hydrogen (secondary N) is 1. The number of carbonyl (C=O) groups is 1. The van der Waals surface area contributed by atoms with Gasteiger partial charge in [-0.25, -0.2) is 4.39 Å². The van der Waals surface area contributed by atoms with Gasteiger partial charge in [0.05, 0.1) is 31.6 Å². The number of hydrogen-bond donors (Lipinski definition) is 1. The number of aryl methyl sites for hydroxylation is 2. The molecular formula is C22H23FN2O3. The van der Waals surface area contributed by atoms with Crippen LogP contribution in [0.1, 0.15) is 16.7 Å². The molecule has 5 nitrogen and oxygen atoms in total. The number of morpholine rings is 1. The predicted molar refractivity (Wildman–Crippen MR) is 107 cm³/mol. The van der Waals surface area contributed by atoms with E-state index in [0.29, 0.717) is 37.7 Å². The van der Waals surface area contributed by atoms with Gasteiger partial charge in [0.1, 0.15) is 11.4 Å². The Morgan fingerprint density at radius 1 is 1.14 bits per heavy atom. The second-order valence-corrected chi connectivity index (χ2v) is 7.18. The molecule has 28 heavy (non-hydrogen) atoms. The molecule has 0 atom stereocenters. The lowest BCUT2D eigenvalue weighted by Crippen LogP contribution is -2.36. The summed E-state index contributed by atoms with van der Waals surface area (Å²) in [7, 11) is 0. The molecule has 0 spiro atoms. The number of benzene rings is 2. The van der Waals surface area contributed by atoms with Gasteiger partial charge in [-0.3, -0.25) is 4.79 Å². The van der Waals surface area contributed by atoms with Crippen LogP contribution >= 0.6 is 0 Å². The molecule has 1 aliphatic heterocycles. The summed E-state index contributed by atoms with van der Waals surface area (Å²) in [5, 5.41) is 3.72. The average Bonchev–Trinajstić information content (AvgIpc) is 3.04. The summed E-state index contributed by atoms with van der Waals surface area (Å²) in [6.45, 7) is 6.57. The predicted octanol–water partition coefficient (Wildman–Crippen LogP) is 4.21. The summed E-state index contributed by atoms with van der Waals surface area (Å²) < 4.78 is 25.4. The van der Waals surface area contributed by atoms with E-state index in [1.807, 2.05) is 30.9 Å². The Morgan fingerprint density at radius 3 is 2.64 bits per heavy atom. The zero-order valence-electron chi connectivity index (χ0n) is 16.0. The van der Waals surface area contributed by atoms with E-state index in [0.717, 1.165) is 27.7 Å². The van der Waals surface area contributed by atoms with Crippen molar-refractivity contribution in [2.75, 3.05) is 36.5 Å². The number of carbonyl (C=O) groups excluding carboxylic acids is 1. The van der Waals surface area contributed by atoms with Crippen molar-refractivity contribution in [2.45, 2.75) is 20.3 Å². The zero-order chi connectivity index (χ0) is 19.7. The zero-order valence-corrected chi connectivity index (χ0v) is 16.0. The van der Waals surface area contributed by atoms with Crippen molar-refractivity contribution in [3.63, 3.8) is 0 Å². The normalized spacial score (nSPS) is 14.5. The molecule has 1 N–H and O–H groups in total. The van der Waals surface area contributed by atoms with Crippen LogP contribution in [0.3, 0.4) is 0 Å². The molecule has 0 bridgehead atoms. The molecule has 1 aliphatic rings. The highest BCUT2D eigenvalue weighted by Crippen LogP contribution is 2.26. The minimum atomic E-state index is -0.348. The van der Waals surface area contributed by atoms with Gasteiger partial charge in [0.15, 0.2) is 0 Å². The fourth-order valence-electron chi connectivity index (χ4n) is 3.50. The maximum absolute atomic E-state index is 14.5. The van der Waals surface area contributed by atoms with Crippen molar-refractivity contribution < 1.29 is 18.3 Å². The standard InChI is InChI=1S/C22H23FN2O3/c1-14-9-18-16(13-28-21(18)10-15(14)2)11-22(26)24-17-3-4-20(19(23)12-17)25-5-7-27-8-6-25/h3-4,9-10,12-13H,5-8,11H2,1-2H3,(H,24,26). The third kappa shape index (κ3) is 3.73. The molecule has 4 rings (SSSR count). The molecule has 146 valence electrons. The molecule has 2 aromatic carbocycles. The smallest absolute Gasteiger partial charge is 0.228 e. The summed E-state index contributed by atoms with van der Waals surface area (Å²) in [6.07, 6.45) is 1.79. The number of anilines is 2. The molecular weight excluding hydrogens is 359 g/mol. The van der Waals surface area contributed by atoms with E-state index in [4.69, 9.17) is 9.15 Å². The Hall–Kier alpha value is -2.86. The first kappa shape index (κ1) is 18.5. The average molecular weight is 382 g/mol. The lowest BCUT2D eigenvalue weighted by molar-refractivity contribution is -0.115. The first-order valence-electron chi connectivity index (χ1n) is 9.40. The van der Waals surface area contributed by atoms with Crippen molar-refractivity contribution in [2.24, 2.45) is 0 Å². The van der Waals surface area contributed by atoms with E-state index in [-0.39, 0.29) is 18.1 Å². The Bertz CT molecular complexity index is 1020. The Balaban J connectivity index is 1.46. The third-order valence-corrected chi connectivity index (χ3v) is 5.20. The van der Waals surface area contributed by atoms with Crippen LogP contribution in [0, 0.1) is 19.7 Å². The van der Waals surface area contributed by atoms with Crippen LogP contribution in [0.25, 0.3) is 11.0 Å². The first-order chi connectivity index (χ1) is 13.5. The van der Waals surface area contributed by atoms with Crippen molar-refractivity contribution in [3.05, 3.63) is 59.1 Å². The number of rotatable bonds is 4. The molecule has 0 unspecified atom stereocenters. The molecule has 6 heteroatoms. The van der Waals surface area contributed by atoms with Gasteiger partial charge in [0.25, 0.3) is 0 Å². The third-order valence-electron chi connectivity index (χ3n) is 5.20. The van der Waals surface area contributed by atoms with E-state index in [1.165, 1.54) is 6.07 Å². The van der Waals surface area contributed by atoms with E-state index in [9.17, 15) is 9.18 Å². The van der Waals surface area contributed by atoms with Crippen LogP contribution in [-0.4, -0.2) is 32.2 Å². The topological polar surface area (TPSA) is 54.7 Å². The largest absolute Gasteiger partial charge is 0.464 e. The van der Waals surface area contributed by atoms with Gasteiger partial charge in [0.2, 0.25) is 5.91 Å². The number of hydrogen-bond acceptors (Lipinski definition) is 4. The minimum absolute atomic E-state index is 0.169. The minimum Gasteiger partial charge on any atom is -0.464 e. The molecule has 2 heterocycles. The summed E-state index contributed by atoms with van der Waals surface area (Å²) in [5.41, 5.74) is 4.87. The SMILES string of the molecule is Cc1cc2occ(CC(=O)Nc3ccc(N4CCOCC4)c(F)c3)c2cc1C. The Morgan fingerprint density at radius 2 is 1.89 bits per heavy atom. The maximum Gasteiger partial charge on any atom is 0.228 e. The molecule has 1 saturated heterocycles. The number of amides is 1. The number of fused-ring (bicyclic) bond motifs is 1. The van der Waals surface area contributed by atoms with Gasteiger partial charge in [0, 0.05) is 29.7 Å². The quantitative estimate of drug-likeness (QED) is 0.735. The molecule has 1 aromatic heterocycles. The van der Waals surface area contributed by atoms with Crippen molar-refractivity contribution in [1.29, 1.82) is 0 Å². The van der Waals surface area contributed by atoms with Crippen molar-refractivity contribution >= 4 is 28.3 Å². The Kier molecular flexibility index (Phi) is 5.05. The highest BCUT2D eigenvalue weighted by atomic mass is 19.1. The van der Waals surface area contributed by atoms with Crippen LogP contribution < -0.4 is 10.2 Å². The van der Waals surface area contributed by atoms with E-state index < -0.39 is 0 Å². The second kappa shape index (κ2) is 7.64. The van der Waals surface area contributed by atoms with Crippen molar-refractivity contribution in [1.82, 2.24) is 0 Å². The number of halogens is 1. The van der Waals surface area contributed by atoms with E-state index >= 15 is 0 Å². The van der Waals surface area contributed by atoms with Gasteiger partial charge in [-0.05, 0) is 55.3 Å². The first-order valence-corrected chi connectivity index (χ1v) is 9.40. The lowest BCUT2D eigenvalue weighted by atomic mass is 10.0. The highest BCUT2D eigenvalue weighted by Gasteiger charge is 2.16. The lowest BCUT2D eigenvalue weighted by Gasteiger charge is -2.29. The number of nitrogens with zero attached hydrogens (tertiary/aromatic N) is 1. The fraction of sp³-hybridized carbons (Fsp3) is 0.318.